The molecule has 6 nitrogen and oxygen atoms in total. The molecule has 26 heavy (non-hydrogen) atoms. The van der Waals surface area contributed by atoms with Crippen LogP contribution in [-0.4, -0.2) is 58.9 Å². The third-order valence-corrected chi connectivity index (χ3v) is 7.02. The van der Waals surface area contributed by atoms with Crippen LogP contribution in [0.15, 0.2) is 18.3 Å². The van der Waals surface area contributed by atoms with E-state index in [0.29, 0.717) is 5.69 Å². The molecule has 1 unspecified atom stereocenters. The predicted molar refractivity (Wildman–Crippen MR) is 100 cm³/mol. The van der Waals surface area contributed by atoms with Crippen molar-refractivity contribution in [1.29, 1.82) is 0 Å². The maximum Gasteiger partial charge on any atom is 0.271 e. The highest BCUT2D eigenvalue weighted by Gasteiger charge is 2.34. The lowest BCUT2D eigenvalue weighted by molar-refractivity contribution is 0.0293. The topological polar surface area (TPSA) is 65.5 Å². The largest absolute Gasteiger partial charge is 0.338 e. The van der Waals surface area contributed by atoms with Crippen LogP contribution in [0.2, 0.25) is 0 Å². The van der Waals surface area contributed by atoms with E-state index < -0.39 is 0 Å². The second-order valence-corrected chi connectivity index (χ2v) is 8.65. The highest BCUT2D eigenvalue weighted by atomic mass is 32.1. The van der Waals surface area contributed by atoms with Crippen molar-refractivity contribution in [1.82, 2.24) is 20.1 Å². The summed E-state index contributed by atoms with van der Waals surface area (Å²) >= 11 is 1.45. The molecule has 4 aliphatic rings. The van der Waals surface area contributed by atoms with Gasteiger partial charge in [0.2, 0.25) is 0 Å². The summed E-state index contributed by atoms with van der Waals surface area (Å²) < 4.78 is 0.944. The Morgan fingerprint density at radius 2 is 1.96 bits per heavy atom. The van der Waals surface area contributed by atoms with Crippen LogP contribution in [0.1, 0.15) is 45.8 Å². The Morgan fingerprint density at radius 3 is 2.62 bits per heavy atom. The van der Waals surface area contributed by atoms with Crippen LogP contribution in [0.3, 0.4) is 0 Å². The summed E-state index contributed by atoms with van der Waals surface area (Å²) in [5.41, 5.74) is 0.435. The summed E-state index contributed by atoms with van der Waals surface area (Å²) in [5.74, 6) is 0.719. The fourth-order valence-corrected chi connectivity index (χ4v) is 5.22. The molecule has 2 amide bonds. The third-order valence-electron chi connectivity index (χ3n) is 5.93. The van der Waals surface area contributed by atoms with Gasteiger partial charge in [-0.25, -0.2) is 0 Å². The maximum atomic E-state index is 12.7. The number of hydrogen-bond acceptors (Lipinski definition) is 5. The zero-order chi connectivity index (χ0) is 17.7. The maximum absolute atomic E-state index is 12.7. The van der Waals surface area contributed by atoms with E-state index in [1.165, 1.54) is 24.2 Å². The SMILES string of the molecule is O=C(NC1CC2CCN1CC2)c1cc2sc(C(=O)N3CCC3)cc2cn1. The van der Waals surface area contributed by atoms with Gasteiger partial charge in [0.25, 0.3) is 11.8 Å². The molecule has 0 spiro atoms. The molecule has 1 N–H and O–H groups in total. The smallest absolute Gasteiger partial charge is 0.271 e. The number of rotatable bonds is 3. The fourth-order valence-electron chi connectivity index (χ4n) is 4.18. The Hall–Kier alpha value is -1.99. The van der Waals surface area contributed by atoms with Gasteiger partial charge < -0.3 is 10.2 Å². The summed E-state index contributed by atoms with van der Waals surface area (Å²) in [6, 6.07) is 3.71. The van der Waals surface area contributed by atoms with Crippen molar-refractivity contribution in [3.8, 4) is 0 Å². The molecule has 6 heterocycles. The molecule has 4 fully saturated rings. The van der Waals surface area contributed by atoms with Crippen molar-refractivity contribution in [3.05, 3.63) is 28.9 Å². The average Bonchev–Trinajstić information content (AvgIpc) is 3.04. The van der Waals surface area contributed by atoms with Crippen molar-refractivity contribution in [2.24, 2.45) is 5.92 Å². The van der Waals surface area contributed by atoms with Crippen LogP contribution < -0.4 is 5.32 Å². The number of thiophene rings is 1. The number of nitrogens with zero attached hydrogens (tertiary/aromatic N) is 3. The minimum Gasteiger partial charge on any atom is -0.338 e. The Bertz CT molecular complexity index is 868. The Balaban J connectivity index is 1.33. The zero-order valence-electron chi connectivity index (χ0n) is 14.6. The summed E-state index contributed by atoms with van der Waals surface area (Å²) in [5, 5.41) is 4.08. The number of likely N-dealkylation sites (tertiary alicyclic amines) is 1. The number of carbonyl (C=O) groups is 2. The van der Waals surface area contributed by atoms with E-state index in [2.05, 4.69) is 15.2 Å². The molecular formula is C19H22N4O2S. The van der Waals surface area contributed by atoms with E-state index in [1.807, 2.05) is 17.0 Å². The van der Waals surface area contributed by atoms with Crippen LogP contribution in [0.4, 0.5) is 0 Å². The molecule has 0 aromatic carbocycles. The van der Waals surface area contributed by atoms with Gasteiger partial charge in [-0.3, -0.25) is 19.5 Å². The molecule has 7 heteroatoms. The van der Waals surface area contributed by atoms with Crippen LogP contribution >= 0.6 is 11.3 Å². The molecule has 4 aliphatic heterocycles. The second-order valence-electron chi connectivity index (χ2n) is 7.57. The van der Waals surface area contributed by atoms with E-state index >= 15 is 0 Å². The minimum absolute atomic E-state index is 0.0921. The molecular weight excluding hydrogens is 348 g/mol. The number of amides is 2. The second kappa shape index (κ2) is 6.32. The van der Waals surface area contributed by atoms with Gasteiger partial charge in [-0.05, 0) is 43.7 Å². The van der Waals surface area contributed by atoms with Gasteiger partial charge in [-0.1, -0.05) is 0 Å². The average molecular weight is 370 g/mol. The van der Waals surface area contributed by atoms with Gasteiger partial charge in [0.05, 0.1) is 11.0 Å². The van der Waals surface area contributed by atoms with Gasteiger partial charge in [0.15, 0.2) is 0 Å². The van der Waals surface area contributed by atoms with E-state index in [-0.39, 0.29) is 18.0 Å². The highest BCUT2D eigenvalue weighted by molar-refractivity contribution is 7.20. The first-order valence-electron chi connectivity index (χ1n) is 9.41. The van der Waals surface area contributed by atoms with Crippen molar-refractivity contribution in [3.63, 3.8) is 0 Å². The first-order chi connectivity index (χ1) is 12.7. The van der Waals surface area contributed by atoms with Crippen molar-refractivity contribution >= 4 is 33.2 Å². The van der Waals surface area contributed by atoms with Crippen molar-refractivity contribution < 1.29 is 9.59 Å². The van der Waals surface area contributed by atoms with Gasteiger partial charge in [0.1, 0.15) is 5.69 Å². The molecule has 1 atom stereocenters. The summed E-state index contributed by atoms with van der Waals surface area (Å²) in [4.78, 5) is 34.3. The number of nitrogens with one attached hydrogen (secondary N) is 1. The number of carbonyl (C=O) groups excluding carboxylic acids is 2. The van der Waals surface area contributed by atoms with Crippen LogP contribution in [0, 0.1) is 5.92 Å². The van der Waals surface area contributed by atoms with Crippen LogP contribution in [0.25, 0.3) is 10.1 Å². The monoisotopic (exact) mass is 370 g/mol. The molecule has 0 aliphatic carbocycles. The summed E-state index contributed by atoms with van der Waals surface area (Å²) in [6.45, 7) is 3.85. The first-order valence-corrected chi connectivity index (χ1v) is 10.2. The highest BCUT2D eigenvalue weighted by Crippen LogP contribution is 2.31. The third kappa shape index (κ3) is 2.79. The Labute approximate surface area is 156 Å². The number of fused-ring (bicyclic) bond motifs is 4. The number of aromatic nitrogens is 1. The number of pyridine rings is 1. The Kier molecular flexibility index (Phi) is 3.94. The van der Waals surface area contributed by atoms with E-state index in [1.54, 1.807) is 6.20 Å². The number of piperidine rings is 3. The quantitative estimate of drug-likeness (QED) is 0.900. The Morgan fingerprint density at radius 1 is 1.15 bits per heavy atom. The van der Waals surface area contributed by atoms with Crippen molar-refractivity contribution in [2.45, 2.75) is 31.8 Å². The fraction of sp³-hybridized carbons (Fsp3) is 0.526. The van der Waals surface area contributed by atoms with Gasteiger partial charge in [0, 0.05) is 42.5 Å². The standard InChI is InChI=1S/C19H22N4O2S/c24-18(21-17-8-12-2-6-22(17)7-3-12)14-10-15-13(11-20-14)9-16(26-15)19(25)23-4-1-5-23/h9-12,17H,1-8H2,(H,21,24). The van der Waals surface area contributed by atoms with Crippen LogP contribution in [0.5, 0.6) is 0 Å². The summed E-state index contributed by atoms with van der Waals surface area (Å²) in [7, 11) is 0. The molecule has 0 saturated carbocycles. The van der Waals surface area contributed by atoms with E-state index in [9.17, 15) is 9.59 Å². The molecule has 2 aromatic rings. The first kappa shape index (κ1) is 16.2. The van der Waals surface area contributed by atoms with Crippen molar-refractivity contribution in [2.75, 3.05) is 26.2 Å². The predicted octanol–water partition coefficient (Wildman–Crippen LogP) is 2.31. The number of hydrogen-bond donors (Lipinski definition) is 1. The molecule has 2 bridgehead atoms. The zero-order valence-corrected chi connectivity index (χ0v) is 15.4. The van der Waals surface area contributed by atoms with Crippen LogP contribution in [-0.2, 0) is 0 Å². The normalized spacial score (nSPS) is 27.4. The van der Waals surface area contributed by atoms with E-state index in [4.69, 9.17) is 0 Å². The molecule has 136 valence electrons. The molecule has 4 saturated heterocycles. The summed E-state index contributed by atoms with van der Waals surface area (Å²) in [6.07, 6.45) is 6.47. The van der Waals surface area contributed by atoms with Gasteiger partial charge in [-0.15, -0.1) is 11.3 Å². The molecule has 2 aromatic heterocycles. The van der Waals surface area contributed by atoms with E-state index in [0.717, 1.165) is 59.9 Å². The molecule has 6 rings (SSSR count). The molecule has 0 radical (unpaired) electrons. The lowest BCUT2D eigenvalue weighted by Gasteiger charge is -2.45. The van der Waals surface area contributed by atoms with Gasteiger partial charge >= 0.3 is 0 Å². The lowest BCUT2D eigenvalue weighted by Crippen LogP contribution is -2.56. The minimum atomic E-state index is -0.117. The lowest BCUT2D eigenvalue weighted by atomic mass is 9.86. The van der Waals surface area contributed by atoms with Gasteiger partial charge in [-0.2, -0.15) is 0 Å².